The van der Waals surface area contributed by atoms with Crippen LogP contribution < -0.4 is 28.7 Å². The standard InChI is InChI=1S/C31H38O2.Li/c1-21-19-25(30(3,4)5)28(26(20-21)31(6,7)8)33-29(32)22(2)27(23-15-11-9-12-16-23)24-17-13-10-14-18-24;/h9-20,27,32H,1-8H3;/q;+1/p-1/b29-22-;. The Morgan fingerprint density at radius 2 is 1.12 bits per heavy atom. The first kappa shape index (κ1) is 27.8. The molecule has 0 aromatic heterocycles. The maximum absolute atomic E-state index is 13.7. The van der Waals surface area contributed by atoms with Crippen molar-refractivity contribution >= 4 is 0 Å². The molecule has 0 heterocycles. The fourth-order valence-electron chi connectivity index (χ4n) is 4.27. The molecule has 0 aliphatic carbocycles. The van der Waals surface area contributed by atoms with Gasteiger partial charge in [0.25, 0.3) is 0 Å². The van der Waals surface area contributed by atoms with Crippen molar-refractivity contribution in [3.05, 3.63) is 112 Å². The molecule has 0 saturated carbocycles. The van der Waals surface area contributed by atoms with Gasteiger partial charge < -0.3 is 9.84 Å². The zero-order valence-electron chi connectivity index (χ0n) is 22.3. The molecule has 0 atom stereocenters. The summed E-state index contributed by atoms with van der Waals surface area (Å²) in [6, 6.07) is 24.6. The number of rotatable bonds is 5. The average molecular weight is 449 g/mol. The van der Waals surface area contributed by atoms with Crippen LogP contribution in [0.3, 0.4) is 0 Å². The third-order valence-corrected chi connectivity index (χ3v) is 6.06. The van der Waals surface area contributed by atoms with E-state index < -0.39 is 0 Å². The van der Waals surface area contributed by atoms with E-state index in [0.29, 0.717) is 11.3 Å². The number of ether oxygens (including phenoxy) is 1. The molecule has 3 heteroatoms. The predicted molar refractivity (Wildman–Crippen MR) is 137 cm³/mol. The molecule has 2 nitrogen and oxygen atoms in total. The first-order valence-corrected chi connectivity index (χ1v) is 11.7. The van der Waals surface area contributed by atoms with Gasteiger partial charge in [0.1, 0.15) is 0 Å². The molecule has 0 saturated heterocycles. The SMILES string of the molecule is C/C(=C(\[O-])Oc1c(C(C)(C)C)cc(C)cc1C(C)(C)C)C(c1ccccc1)c1ccccc1.[Li+]. The van der Waals surface area contributed by atoms with Crippen LogP contribution in [0, 0.1) is 6.92 Å². The third kappa shape index (κ3) is 6.38. The van der Waals surface area contributed by atoms with Crippen LogP contribution in [0.5, 0.6) is 5.75 Å². The van der Waals surface area contributed by atoms with Gasteiger partial charge in [0.15, 0.2) is 0 Å². The fraction of sp³-hybridized carbons (Fsp3) is 0.355. The molecule has 3 rings (SSSR count). The molecule has 3 aromatic carbocycles. The van der Waals surface area contributed by atoms with Gasteiger partial charge in [0.05, 0.1) is 5.95 Å². The topological polar surface area (TPSA) is 32.3 Å². The van der Waals surface area contributed by atoms with E-state index in [4.69, 9.17) is 4.74 Å². The molecule has 34 heavy (non-hydrogen) atoms. The molecule has 0 spiro atoms. The smallest absolute Gasteiger partial charge is 0.579 e. The average Bonchev–Trinajstić information content (AvgIpc) is 2.74. The van der Waals surface area contributed by atoms with Gasteiger partial charge in [-0.15, -0.1) is 0 Å². The maximum Gasteiger partial charge on any atom is 1.00 e. The van der Waals surface area contributed by atoms with Crippen LogP contribution >= 0.6 is 0 Å². The van der Waals surface area contributed by atoms with Crippen molar-refractivity contribution in [1.29, 1.82) is 0 Å². The molecule has 0 bridgehead atoms. The summed E-state index contributed by atoms with van der Waals surface area (Å²) >= 11 is 0. The first-order valence-electron chi connectivity index (χ1n) is 11.7. The Morgan fingerprint density at radius 1 is 0.735 bits per heavy atom. The Hall–Kier alpha value is -2.40. The summed E-state index contributed by atoms with van der Waals surface area (Å²) in [6.45, 7) is 17.0. The largest absolute Gasteiger partial charge is 1.00 e. The zero-order valence-corrected chi connectivity index (χ0v) is 22.3. The van der Waals surface area contributed by atoms with Crippen LogP contribution in [0.1, 0.15) is 82.2 Å². The second kappa shape index (κ2) is 10.9. The van der Waals surface area contributed by atoms with Gasteiger partial charge >= 0.3 is 18.9 Å². The van der Waals surface area contributed by atoms with Gasteiger partial charge in [-0.25, -0.2) is 0 Å². The van der Waals surface area contributed by atoms with Gasteiger partial charge in [-0.3, -0.25) is 0 Å². The summed E-state index contributed by atoms with van der Waals surface area (Å²) in [5, 5.41) is 13.7. The van der Waals surface area contributed by atoms with E-state index in [0.717, 1.165) is 22.3 Å². The Balaban J connectivity index is 0.00000408. The molecule has 0 amide bonds. The number of benzene rings is 3. The van der Waals surface area contributed by atoms with Crippen molar-refractivity contribution in [2.75, 3.05) is 0 Å². The number of allylic oxidation sites excluding steroid dienone is 1. The Labute approximate surface area is 218 Å². The van der Waals surface area contributed by atoms with Gasteiger partial charge in [0, 0.05) is 11.7 Å². The Kier molecular flexibility index (Phi) is 8.92. The molecule has 0 fully saturated rings. The normalized spacial score (nSPS) is 12.7. The van der Waals surface area contributed by atoms with E-state index in [9.17, 15) is 5.11 Å². The van der Waals surface area contributed by atoms with Crippen molar-refractivity contribution < 1.29 is 28.7 Å². The third-order valence-electron chi connectivity index (χ3n) is 6.06. The molecule has 3 aromatic rings. The van der Waals surface area contributed by atoms with Crippen LogP contribution in [0.2, 0.25) is 0 Å². The van der Waals surface area contributed by atoms with Gasteiger partial charge in [-0.1, -0.05) is 120 Å². The molecular weight excluding hydrogens is 411 g/mol. The van der Waals surface area contributed by atoms with Crippen molar-refractivity contribution in [2.45, 2.75) is 72.1 Å². The first-order chi connectivity index (χ1) is 15.4. The summed E-state index contributed by atoms with van der Waals surface area (Å²) in [6.07, 6.45) is 0. The number of aryl methyl sites for hydroxylation is 1. The van der Waals surface area contributed by atoms with Crippen molar-refractivity contribution in [2.24, 2.45) is 0 Å². The zero-order chi connectivity index (χ0) is 24.4. The van der Waals surface area contributed by atoms with E-state index in [1.165, 1.54) is 5.56 Å². The second-order valence-electron chi connectivity index (χ2n) is 11.0. The number of hydrogen-bond acceptors (Lipinski definition) is 2. The van der Waals surface area contributed by atoms with Crippen LogP contribution in [-0.4, -0.2) is 0 Å². The fourth-order valence-corrected chi connectivity index (χ4v) is 4.27. The van der Waals surface area contributed by atoms with Crippen LogP contribution in [0.25, 0.3) is 0 Å². The Bertz CT molecular complexity index is 1040. The van der Waals surface area contributed by atoms with Gasteiger partial charge in [-0.2, -0.15) is 0 Å². The van der Waals surface area contributed by atoms with Crippen LogP contribution in [-0.2, 0) is 10.8 Å². The van der Waals surface area contributed by atoms with E-state index in [2.05, 4.69) is 84.9 Å². The molecule has 0 aliphatic heterocycles. The van der Waals surface area contributed by atoms with Crippen molar-refractivity contribution in [3.8, 4) is 5.75 Å². The minimum atomic E-state index is -0.285. The number of hydrogen-bond donors (Lipinski definition) is 0. The molecule has 0 aliphatic rings. The van der Waals surface area contributed by atoms with Gasteiger partial charge in [0.2, 0.25) is 0 Å². The monoisotopic (exact) mass is 448 g/mol. The molecule has 0 N–H and O–H groups in total. The minimum absolute atomic E-state index is 0. The van der Waals surface area contributed by atoms with E-state index in [1.807, 2.05) is 43.3 Å². The molecule has 0 radical (unpaired) electrons. The second-order valence-corrected chi connectivity index (χ2v) is 11.0. The van der Waals surface area contributed by atoms with Crippen molar-refractivity contribution in [3.63, 3.8) is 0 Å². The molecule has 174 valence electrons. The predicted octanol–water partition coefficient (Wildman–Crippen LogP) is 4.40. The summed E-state index contributed by atoms with van der Waals surface area (Å²) in [5.41, 5.74) is 5.81. The van der Waals surface area contributed by atoms with Crippen LogP contribution in [0.4, 0.5) is 0 Å². The quantitative estimate of drug-likeness (QED) is 0.428. The molecular formula is C31H37LiO2. The summed E-state index contributed by atoms with van der Waals surface area (Å²) in [4.78, 5) is 0. The Morgan fingerprint density at radius 3 is 1.47 bits per heavy atom. The van der Waals surface area contributed by atoms with E-state index in [1.54, 1.807) is 0 Å². The molecule has 0 unspecified atom stereocenters. The minimum Gasteiger partial charge on any atom is -0.579 e. The van der Waals surface area contributed by atoms with Crippen LogP contribution in [0.15, 0.2) is 84.3 Å². The summed E-state index contributed by atoms with van der Waals surface area (Å²) < 4.78 is 6.29. The summed E-state index contributed by atoms with van der Waals surface area (Å²) in [5.74, 6) is 0.249. The summed E-state index contributed by atoms with van der Waals surface area (Å²) in [7, 11) is 0. The van der Waals surface area contributed by atoms with E-state index >= 15 is 0 Å². The van der Waals surface area contributed by atoms with E-state index in [-0.39, 0.29) is 41.6 Å². The maximum atomic E-state index is 13.7. The van der Waals surface area contributed by atoms with Crippen molar-refractivity contribution in [1.82, 2.24) is 0 Å². The van der Waals surface area contributed by atoms with Gasteiger partial charge in [-0.05, 0) is 52.5 Å².